The molecule has 2 heterocycles. The van der Waals surface area contributed by atoms with Crippen molar-refractivity contribution in [2.45, 2.75) is 38.5 Å². The predicted molar refractivity (Wildman–Crippen MR) is 138 cm³/mol. The van der Waals surface area contributed by atoms with Crippen molar-refractivity contribution in [1.29, 1.82) is 0 Å². The Hall–Kier alpha value is -2.78. The number of nitrogens with one attached hydrogen (secondary N) is 1. The van der Waals surface area contributed by atoms with E-state index in [0.717, 1.165) is 5.56 Å². The van der Waals surface area contributed by atoms with Crippen LogP contribution < -0.4 is 10.2 Å². The normalized spacial score (nSPS) is 19.7. The number of fused-ring (bicyclic) bond motifs is 1. The number of nitrogens with zero attached hydrogens (tertiary/aromatic N) is 3. The topological polar surface area (TPSA) is 65.0 Å². The number of hydrogen-bond acceptors (Lipinski definition) is 4. The van der Waals surface area contributed by atoms with Crippen LogP contribution in [-0.2, 0) is 16.0 Å². The summed E-state index contributed by atoms with van der Waals surface area (Å²) in [5.74, 6) is -2.31. The smallest absolute Gasteiger partial charge is 0.356 e. The third-order valence-corrected chi connectivity index (χ3v) is 7.57. The molecule has 1 N–H and O–H groups in total. The molecular formula is C26H27Cl2F3N4O2. The van der Waals surface area contributed by atoms with E-state index < -0.39 is 30.1 Å². The first kappa shape index (κ1) is 27.3. The van der Waals surface area contributed by atoms with Crippen LogP contribution in [0.25, 0.3) is 0 Å². The van der Waals surface area contributed by atoms with E-state index >= 15 is 0 Å². The number of piperidine rings is 1. The minimum atomic E-state index is -4.24. The highest BCUT2D eigenvalue weighted by molar-refractivity contribution is 6.42. The number of alkyl halides is 3. The van der Waals surface area contributed by atoms with Crippen LogP contribution in [0.15, 0.2) is 47.5 Å². The van der Waals surface area contributed by atoms with Gasteiger partial charge in [0.25, 0.3) is 5.91 Å². The summed E-state index contributed by atoms with van der Waals surface area (Å²) in [7, 11) is 1.59. The summed E-state index contributed by atoms with van der Waals surface area (Å²) in [6.45, 7) is 2.01. The van der Waals surface area contributed by atoms with Gasteiger partial charge in [-0.15, -0.1) is 0 Å². The molecule has 11 heteroatoms. The van der Waals surface area contributed by atoms with E-state index in [0.29, 0.717) is 33.6 Å². The molecule has 4 rings (SSSR count). The number of carbonyl (C=O) groups excluding carboxylic acids is 2. The van der Waals surface area contributed by atoms with Gasteiger partial charge in [0.05, 0.1) is 21.7 Å². The number of carbonyl (C=O) groups is 2. The van der Waals surface area contributed by atoms with Crippen LogP contribution in [0.4, 0.5) is 18.9 Å². The Morgan fingerprint density at radius 1 is 1.14 bits per heavy atom. The molecule has 0 spiro atoms. The average Bonchev–Trinajstić information content (AvgIpc) is 2.96. The van der Waals surface area contributed by atoms with Gasteiger partial charge in [-0.05, 0) is 49.1 Å². The summed E-state index contributed by atoms with van der Waals surface area (Å²) in [4.78, 5) is 34.2. The van der Waals surface area contributed by atoms with Crippen molar-refractivity contribution in [3.63, 3.8) is 0 Å². The van der Waals surface area contributed by atoms with Crippen LogP contribution >= 0.6 is 23.2 Å². The standard InChI is InChI=1S/C26H27Cl2F3N4O2/c1-15(13-16-7-8-19(27)20(28)14-16)24(36)33-22-25(37)34(2)21-6-4-3-5-18(21)23(32-22)35-11-9-17(10-12-35)26(29,30)31/h3-8,14-15,17,22H,9-13H2,1-2H3,(H,33,36)/t15-,22?/m0/s1. The zero-order valence-electron chi connectivity index (χ0n) is 20.4. The number of amidine groups is 1. The third kappa shape index (κ3) is 6.04. The molecule has 0 aliphatic carbocycles. The van der Waals surface area contributed by atoms with Gasteiger partial charge in [0.1, 0.15) is 5.84 Å². The fourth-order valence-electron chi connectivity index (χ4n) is 4.66. The number of anilines is 1. The van der Waals surface area contributed by atoms with Crippen molar-refractivity contribution in [1.82, 2.24) is 10.2 Å². The molecule has 1 unspecified atom stereocenters. The number of para-hydroxylation sites is 1. The first-order valence-corrected chi connectivity index (χ1v) is 12.7. The molecule has 0 bridgehead atoms. The van der Waals surface area contributed by atoms with E-state index in [1.807, 2.05) is 0 Å². The van der Waals surface area contributed by atoms with Crippen molar-refractivity contribution in [2.24, 2.45) is 16.8 Å². The van der Waals surface area contributed by atoms with Gasteiger partial charge in [0.15, 0.2) is 0 Å². The average molecular weight is 555 g/mol. The van der Waals surface area contributed by atoms with Crippen LogP contribution in [-0.4, -0.2) is 55.0 Å². The quantitative estimate of drug-likeness (QED) is 0.556. The summed E-state index contributed by atoms with van der Waals surface area (Å²) in [5.41, 5.74) is 2.01. The number of amides is 2. The van der Waals surface area contributed by atoms with E-state index in [-0.39, 0.29) is 31.8 Å². The molecule has 0 aromatic heterocycles. The Kier molecular flexibility index (Phi) is 8.04. The molecule has 2 amide bonds. The molecule has 2 atom stereocenters. The van der Waals surface area contributed by atoms with Crippen molar-refractivity contribution in [3.05, 3.63) is 63.6 Å². The van der Waals surface area contributed by atoms with Gasteiger partial charge in [-0.1, -0.05) is 48.3 Å². The summed E-state index contributed by atoms with van der Waals surface area (Å²) in [6, 6.07) is 12.2. The van der Waals surface area contributed by atoms with E-state index in [4.69, 9.17) is 23.2 Å². The van der Waals surface area contributed by atoms with Gasteiger partial charge in [-0.25, -0.2) is 4.99 Å². The Labute approximate surface area is 223 Å². The third-order valence-electron chi connectivity index (χ3n) is 6.83. The maximum absolute atomic E-state index is 13.3. The minimum Gasteiger partial charge on any atom is -0.356 e. The van der Waals surface area contributed by atoms with Gasteiger partial charge < -0.3 is 15.1 Å². The number of benzene rings is 2. The second kappa shape index (κ2) is 10.9. The maximum Gasteiger partial charge on any atom is 0.391 e. The Balaban J connectivity index is 1.57. The molecule has 6 nitrogen and oxygen atoms in total. The highest BCUT2D eigenvalue weighted by Crippen LogP contribution is 2.35. The number of aliphatic imine (C=N–C) groups is 1. The second-order valence-electron chi connectivity index (χ2n) is 9.43. The number of likely N-dealkylation sites (tertiary alicyclic amines) is 1. The Morgan fingerprint density at radius 2 is 1.81 bits per heavy atom. The van der Waals surface area contributed by atoms with Crippen molar-refractivity contribution < 1.29 is 22.8 Å². The molecule has 2 aromatic rings. The highest BCUT2D eigenvalue weighted by atomic mass is 35.5. The molecule has 1 saturated heterocycles. The lowest BCUT2D eigenvalue weighted by Crippen LogP contribution is -2.48. The SMILES string of the molecule is C[C@@H](Cc1ccc(Cl)c(Cl)c1)C(=O)NC1N=C(N2CCC(C(F)(F)F)CC2)c2ccccc2N(C)C1=O. The molecule has 0 saturated carbocycles. The zero-order chi connectivity index (χ0) is 26.9. The lowest BCUT2D eigenvalue weighted by Gasteiger charge is -2.35. The predicted octanol–water partition coefficient (Wildman–Crippen LogP) is 5.31. The van der Waals surface area contributed by atoms with Crippen molar-refractivity contribution >= 4 is 46.5 Å². The lowest BCUT2D eigenvalue weighted by molar-refractivity contribution is -0.183. The van der Waals surface area contributed by atoms with E-state index in [1.165, 1.54) is 4.90 Å². The monoisotopic (exact) mass is 554 g/mol. The van der Waals surface area contributed by atoms with Crippen LogP contribution in [0.2, 0.25) is 10.0 Å². The van der Waals surface area contributed by atoms with Crippen molar-refractivity contribution in [3.8, 4) is 0 Å². The first-order chi connectivity index (χ1) is 17.5. The van der Waals surface area contributed by atoms with Crippen molar-refractivity contribution in [2.75, 3.05) is 25.0 Å². The van der Waals surface area contributed by atoms with Crippen LogP contribution in [0.3, 0.4) is 0 Å². The highest BCUT2D eigenvalue weighted by Gasteiger charge is 2.42. The number of hydrogen-bond donors (Lipinski definition) is 1. The molecule has 2 aliphatic rings. The molecule has 198 valence electrons. The van der Waals surface area contributed by atoms with Gasteiger partial charge in [-0.2, -0.15) is 13.2 Å². The Bertz CT molecular complexity index is 1210. The van der Waals surface area contributed by atoms with Gasteiger partial charge in [-0.3, -0.25) is 9.59 Å². The molecule has 0 radical (unpaired) electrons. The van der Waals surface area contributed by atoms with Gasteiger partial charge in [0.2, 0.25) is 12.1 Å². The fraction of sp³-hybridized carbons (Fsp3) is 0.423. The Morgan fingerprint density at radius 3 is 2.46 bits per heavy atom. The fourth-order valence-corrected chi connectivity index (χ4v) is 4.98. The lowest BCUT2D eigenvalue weighted by atomic mass is 9.95. The molecular weight excluding hydrogens is 528 g/mol. The van der Waals surface area contributed by atoms with Crippen LogP contribution in [0.5, 0.6) is 0 Å². The van der Waals surface area contributed by atoms with Gasteiger partial charge in [0, 0.05) is 31.6 Å². The maximum atomic E-state index is 13.3. The zero-order valence-corrected chi connectivity index (χ0v) is 21.9. The number of benzodiazepines with no additional fused rings is 1. The van der Waals surface area contributed by atoms with Gasteiger partial charge >= 0.3 is 6.18 Å². The minimum absolute atomic E-state index is 0.0633. The first-order valence-electron chi connectivity index (χ1n) is 12.0. The van der Waals surface area contributed by atoms with E-state index in [2.05, 4.69) is 10.3 Å². The van der Waals surface area contributed by atoms with Crippen LogP contribution in [0, 0.1) is 11.8 Å². The molecule has 2 aliphatic heterocycles. The van der Waals surface area contributed by atoms with E-state index in [9.17, 15) is 22.8 Å². The number of likely N-dealkylation sites (N-methyl/N-ethyl adjacent to an activating group) is 1. The number of halogens is 5. The molecule has 1 fully saturated rings. The summed E-state index contributed by atoms with van der Waals surface area (Å²) in [6.07, 6.45) is -5.23. The molecule has 37 heavy (non-hydrogen) atoms. The van der Waals surface area contributed by atoms with Crippen LogP contribution in [0.1, 0.15) is 30.9 Å². The number of rotatable bonds is 4. The van der Waals surface area contributed by atoms with E-state index in [1.54, 1.807) is 61.3 Å². The summed E-state index contributed by atoms with van der Waals surface area (Å²) in [5, 5.41) is 3.53. The largest absolute Gasteiger partial charge is 0.391 e. The second-order valence-corrected chi connectivity index (χ2v) is 10.2. The summed E-state index contributed by atoms with van der Waals surface area (Å²) >= 11 is 12.1. The summed E-state index contributed by atoms with van der Waals surface area (Å²) < 4.78 is 39.7. The molecule has 2 aromatic carbocycles.